The van der Waals surface area contributed by atoms with Crippen molar-refractivity contribution in [2.45, 2.75) is 65.0 Å². The lowest BCUT2D eigenvalue weighted by Gasteiger charge is -2.34. The smallest absolute Gasteiger partial charge is 0.128 e. The maximum Gasteiger partial charge on any atom is 0.128 e. The van der Waals surface area contributed by atoms with Gasteiger partial charge in [-0.2, -0.15) is 0 Å². The van der Waals surface area contributed by atoms with Crippen LogP contribution < -0.4 is 10.2 Å². The molecule has 3 nitrogen and oxygen atoms in total. The van der Waals surface area contributed by atoms with E-state index < -0.39 is 0 Å². The Bertz CT molecular complexity index is 368. The fourth-order valence-corrected chi connectivity index (χ4v) is 3.10. The molecule has 0 radical (unpaired) electrons. The molecule has 0 spiro atoms. The number of nitrogens with zero attached hydrogens (tertiary/aromatic N) is 2. The summed E-state index contributed by atoms with van der Waals surface area (Å²) in [6, 6.07) is 5.11. The monoisotopic (exact) mass is 275 g/mol. The summed E-state index contributed by atoms with van der Waals surface area (Å²) < 4.78 is 0. The van der Waals surface area contributed by atoms with Crippen molar-refractivity contribution in [2.75, 3.05) is 18.0 Å². The van der Waals surface area contributed by atoms with E-state index >= 15 is 0 Å². The van der Waals surface area contributed by atoms with Crippen LogP contribution in [0.2, 0.25) is 0 Å². The van der Waals surface area contributed by atoms with Crippen molar-refractivity contribution in [1.29, 1.82) is 0 Å². The third-order valence-corrected chi connectivity index (χ3v) is 4.22. The molecule has 1 heterocycles. The quantitative estimate of drug-likeness (QED) is 0.768. The predicted octanol–water partition coefficient (Wildman–Crippen LogP) is 3.74. The van der Waals surface area contributed by atoms with E-state index in [1.807, 2.05) is 6.20 Å². The first-order valence-electron chi connectivity index (χ1n) is 8.27. The largest absolute Gasteiger partial charge is 0.354 e. The maximum atomic E-state index is 4.69. The number of rotatable bonds is 7. The molecule has 0 saturated heterocycles. The Morgan fingerprint density at radius 3 is 2.60 bits per heavy atom. The molecule has 0 atom stereocenters. The summed E-state index contributed by atoms with van der Waals surface area (Å²) >= 11 is 0. The van der Waals surface area contributed by atoms with Crippen molar-refractivity contribution in [1.82, 2.24) is 10.3 Å². The molecule has 20 heavy (non-hydrogen) atoms. The van der Waals surface area contributed by atoms with Crippen LogP contribution in [-0.4, -0.2) is 24.1 Å². The predicted molar refractivity (Wildman–Crippen MR) is 86.1 cm³/mol. The lowest BCUT2D eigenvalue weighted by molar-refractivity contribution is 0.416. The van der Waals surface area contributed by atoms with E-state index in [9.17, 15) is 0 Å². The molecule has 0 bridgehead atoms. The van der Waals surface area contributed by atoms with E-state index in [0.29, 0.717) is 6.04 Å². The van der Waals surface area contributed by atoms with Crippen LogP contribution in [0, 0.1) is 0 Å². The number of anilines is 1. The third kappa shape index (κ3) is 4.20. The first-order valence-corrected chi connectivity index (χ1v) is 8.27. The fraction of sp³-hybridized carbons (Fsp3) is 0.706. The van der Waals surface area contributed by atoms with E-state index in [1.165, 1.54) is 44.1 Å². The summed E-state index contributed by atoms with van der Waals surface area (Å²) in [5.74, 6) is 1.15. The van der Waals surface area contributed by atoms with Gasteiger partial charge < -0.3 is 10.2 Å². The van der Waals surface area contributed by atoms with Gasteiger partial charge in [0.2, 0.25) is 0 Å². The number of hydrogen-bond acceptors (Lipinski definition) is 3. The Balaban J connectivity index is 1.95. The van der Waals surface area contributed by atoms with E-state index in [2.05, 4.69) is 41.2 Å². The zero-order chi connectivity index (χ0) is 14.2. The summed E-state index contributed by atoms with van der Waals surface area (Å²) in [6.07, 6.45) is 10.0. The van der Waals surface area contributed by atoms with Gasteiger partial charge in [-0.3, -0.25) is 0 Å². The first kappa shape index (κ1) is 15.3. The third-order valence-electron chi connectivity index (χ3n) is 4.22. The molecule has 1 N–H and O–H groups in total. The van der Waals surface area contributed by atoms with Gasteiger partial charge in [-0.1, -0.05) is 32.3 Å². The van der Waals surface area contributed by atoms with Gasteiger partial charge in [0.1, 0.15) is 5.82 Å². The molecule has 112 valence electrons. The molecular formula is C17H29N3. The fourth-order valence-electron chi connectivity index (χ4n) is 3.10. The minimum atomic E-state index is 0.699. The second kappa shape index (κ2) is 8.25. The maximum absolute atomic E-state index is 4.69. The summed E-state index contributed by atoms with van der Waals surface area (Å²) in [4.78, 5) is 7.18. The Labute approximate surface area is 123 Å². The molecule has 0 unspecified atom stereocenters. The zero-order valence-corrected chi connectivity index (χ0v) is 13.1. The zero-order valence-electron chi connectivity index (χ0n) is 13.1. The van der Waals surface area contributed by atoms with E-state index in [-0.39, 0.29) is 0 Å². The highest BCUT2D eigenvalue weighted by atomic mass is 15.2. The lowest BCUT2D eigenvalue weighted by Crippen LogP contribution is -2.37. The number of hydrogen-bond donors (Lipinski definition) is 1. The number of pyridine rings is 1. The second-order valence-corrected chi connectivity index (χ2v) is 5.78. The number of nitrogens with one attached hydrogen (secondary N) is 1. The average Bonchev–Trinajstić information content (AvgIpc) is 2.51. The Morgan fingerprint density at radius 2 is 2.00 bits per heavy atom. The van der Waals surface area contributed by atoms with Crippen LogP contribution in [0.5, 0.6) is 0 Å². The van der Waals surface area contributed by atoms with E-state index in [0.717, 1.165) is 25.5 Å². The molecule has 1 saturated carbocycles. The normalized spacial score (nSPS) is 16.3. The molecule has 2 rings (SSSR count). The van der Waals surface area contributed by atoms with Crippen LogP contribution in [0.4, 0.5) is 5.82 Å². The topological polar surface area (TPSA) is 28.2 Å². The van der Waals surface area contributed by atoms with Crippen LogP contribution in [0.3, 0.4) is 0 Å². The molecule has 1 aliphatic rings. The summed E-state index contributed by atoms with van der Waals surface area (Å²) in [7, 11) is 0. The summed E-state index contributed by atoms with van der Waals surface area (Å²) in [5, 5.41) is 3.42. The van der Waals surface area contributed by atoms with E-state index in [1.54, 1.807) is 0 Å². The molecule has 1 aromatic rings. The van der Waals surface area contributed by atoms with Crippen LogP contribution in [-0.2, 0) is 6.54 Å². The van der Waals surface area contributed by atoms with Gasteiger partial charge in [0.05, 0.1) is 0 Å². The van der Waals surface area contributed by atoms with E-state index in [4.69, 9.17) is 0 Å². The van der Waals surface area contributed by atoms with Crippen molar-refractivity contribution in [3.63, 3.8) is 0 Å². The SMILES string of the molecule is CCCNCc1ccc(N(CC)C2CCCCC2)nc1. The molecule has 0 aromatic carbocycles. The van der Waals surface area contributed by atoms with Crippen LogP contribution in [0.1, 0.15) is 57.9 Å². The van der Waals surface area contributed by atoms with Gasteiger partial charge >= 0.3 is 0 Å². The molecule has 1 aliphatic carbocycles. The van der Waals surface area contributed by atoms with Crippen molar-refractivity contribution >= 4 is 5.82 Å². The number of aromatic nitrogens is 1. The van der Waals surface area contributed by atoms with Gasteiger partial charge in [0.15, 0.2) is 0 Å². The Kier molecular flexibility index (Phi) is 6.31. The van der Waals surface area contributed by atoms with Crippen molar-refractivity contribution < 1.29 is 0 Å². The highest BCUT2D eigenvalue weighted by Gasteiger charge is 2.20. The molecular weight excluding hydrogens is 246 g/mol. The summed E-state index contributed by atoms with van der Waals surface area (Å²) in [5.41, 5.74) is 1.28. The van der Waals surface area contributed by atoms with Crippen molar-refractivity contribution in [3.05, 3.63) is 23.9 Å². The first-order chi connectivity index (χ1) is 9.85. The lowest BCUT2D eigenvalue weighted by atomic mass is 9.94. The molecule has 0 amide bonds. The molecule has 1 aromatic heterocycles. The minimum Gasteiger partial charge on any atom is -0.354 e. The van der Waals surface area contributed by atoms with Crippen LogP contribution in [0.25, 0.3) is 0 Å². The average molecular weight is 275 g/mol. The van der Waals surface area contributed by atoms with Gasteiger partial charge in [-0.05, 0) is 44.4 Å². The van der Waals surface area contributed by atoms with Crippen molar-refractivity contribution in [2.24, 2.45) is 0 Å². The molecule has 1 fully saturated rings. The highest BCUT2D eigenvalue weighted by molar-refractivity contribution is 5.40. The summed E-state index contributed by atoms with van der Waals surface area (Å²) in [6.45, 7) is 7.50. The standard InChI is InChI=1S/C17H29N3/c1-3-12-18-13-15-10-11-17(19-14-15)20(4-2)16-8-6-5-7-9-16/h10-11,14,16,18H,3-9,12-13H2,1-2H3. The van der Waals surface area contributed by atoms with Crippen LogP contribution >= 0.6 is 0 Å². The minimum absolute atomic E-state index is 0.699. The van der Waals surface area contributed by atoms with Gasteiger partial charge in [0, 0.05) is 25.3 Å². The molecule has 3 heteroatoms. The molecule has 0 aliphatic heterocycles. The van der Waals surface area contributed by atoms with Gasteiger partial charge in [-0.15, -0.1) is 0 Å². The Hall–Kier alpha value is -1.09. The van der Waals surface area contributed by atoms with Crippen LogP contribution in [0.15, 0.2) is 18.3 Å². The van der Waals surface area contributed by atoms with Gasteiger partial charge in [0.25, 0.3) is 0 Å². The second-order valence-electron chi connectivity index (χ2n) is 5.78. The van der Waals surface area contributed by atoms with Gasteiger partial charge in [-0.25, -0.2) is 4.98 Å². The van der Waals surface area contributed by atoms with Crippen molar-refractivity contribution in [3.8, 4) is 0 Å². The Morgan fingerprint density at radius 1 is 1.20 bits per heavy atom. The highest BCUT2D eigenvalue weighted by Crippen LogP contribution is 2.26.